The maximum Gasteiger partial charge on any atom is 0.169 e. The predicted molar refractivity (Wildman–Crippen MR) is 43.3 cm³/mol. The van der Waals surface area contributed by atoms with Crippen molar-refractivity contribution < 1.29 is 5.11 Å². The molecule has 0 aliphatic heterocycles. The Bertz CT molecular complexity index is 335. The highest BCUT2D eigenvalue weighted by atomic mass is 16.3. The zero-order valence-corrected chi connectivity index (χ0v) is 7.37. The third-order valence-corrected chi connectivity index (χ3v) is 1.96. The minimum atomic E-state index is -1.06. The first-order valence-electron chi connectivity index (χ1n) is 3.65. The van der Waals surface area contributed by atoms with Gasteiger partial charge in [0, 0.05) is 18.3 Å². The van der Waals surface area contributed by atoms with E-state index in [1.807, 2.05) is 6.92 Å². The van der Waals surface area contributed by atoms with Crippen molar-refractivity contribution in [3.8, 4) is 6.07 Å². The fourth-order valence-corrected chi connectivity index (χ4v) is 1.25. The lowest BCUT2D eigenvalue weighted by Gasteiger charge is -2.01. The number of aliphatic hydroxyl groups is 1. The molecular weight excluding hydrogens is 154 g/mol. The van der Waals surface area contributed by atoms with Crippen LogP contribution in [0.3, 0.4) is 0 Å². The third-order valence-electron chi connectivity index (χ3n) is 1.96. The van der Waals surface area contributed by atoms with E-state index in [-0.39, 0.29) is 0 Å². The summed E-state index contributed by atoms with van der Waals surface area (Å²) in [5.74, 6) is 0. The van der Waals surface area contributed by atoms with Crippen molar-refractivity contribution in [2.75, 3.05) is 0 Å². The maximum atomic E-state index is 9.29. The minimum absolute atomic E-state index is 0.625. The maximum absolute atomic E-state index is 9.29. The number of hydrogen-bond donors (Lipinski definition) is 1. The molecule has 0 fully saturated rings. The van der Waals surface area contributed by atoms with E-state index in [1.165, 1.54) is 0 Å². The number of aryl methyl sites for hydroxylation is 2. The van der Waals surface area contributed by atoms with Gasteiger partial charge in [-0.3, -0.25) is 4.68 Å². The van der Waals surface area contributed by atoms with Crippen molar-refractivity contribution in [3.05, 3.63) is 17.0 Å². The van der Waals surface area contributed by atoms with Crippen LogP contribution in [-0.2, 0) is 7.05 Å². The summed E-state index contributed by atoms with van der Waals surface area (Å²) >= 11 is 0. The molecule has 4 nitrogen and oxygen atoms in total. The molecule has 12 heavy (non-hydrogen) atoms. The Hall–Kier alpha value is -1.34. The topological polar surface area (TPSA) is 61.8 Å². The van der Waals surface area contributed by atoms with Crippen molar-refractivity contribution in [1.82, 2.24) is 9.78 Å². The van der Waals surface area contributed by atoms with Gasteiger partial charge in [0.05, 0.1) is 11.8 Å². The number of nitrogens with zero attached hydrogens (tertiary/aromatic N) is 3. The highest BCUT2D eigenvalue weighted by Crippen LogP contribution is 2.19. The van der Waals surface area contributed by atoms with Gasteiger partial charge in [-0.2, -0.15) is 10.4 Å². The van der Waals surface area contributed by atoms with Crippen LogP contribution in [0.25, 0.3) is 0 Å². The Labute approximate surface area is 71.1 Å². The number of aromatic nitrogens is 2. The fourth-order valence-electron chi connectivity index (χ4n) is 1.25. The van der Waals surface area contributed by atoms with Gasteiger partial charge < -0.3 is 5.11 Å². The first-order valence-corrected chi connectivity index (χ1v) is 3.65. The van der Waals surface area contributed by atoms with Crippen molar-refractivity contribution in [1.29, 1.82) is 5.26 Å². The van der Waals surface area contributed by atoms with Crippen molar-refractivity contribution in [2.24, 2.45) is 7.05 Å². The van der Waals surface area contributed by atoms with E-state index < -0.39 is 6.10 Å². The van der Waals surface area contributed by atoms with Crippen LogP contribution in [0.4, 0.5) is 0 Å². The first-order chi connectivity index (χ1) is 5.57. The Morgan fingerprint density at radius 3 is 2.50 bits per heavy atom. The molecule has 1 atom stereocenters. The molecule has 0 aliphatic rings. The lowest BCUT2D eigenvalue weighted by molar-refractivity contribution is 0.234. The molecule has 1 N–H and O–H groups in total. The highest BCUT2D eigenvalue weighted by Gasteiger charge is 2.16. The minimum Gasteiger partial charge on any atom is -0.374 e. The van der Waals surface area contributed by atoms with Gasteiger partial charge in [-0.05, 0) is 13.8 Å². The number of nitriles is 1. The average molecular weight is 165 g/mol. The molecule has 0 saturated carbocycles. The van der Waals surface area contributed by atoms with Gasteiger partial charge >= 0.3 is 0 Å². The van der Waals surface area contributed by atoms with E-state index in [9.17, 15) is 5.11 Å². The molecule has 1 aromatic heterocycles. The number of rotatable bonds is 1. The third kappa shape index (κ3) is 1.19. The van der Waals surface area contributed by atoms with E-state index in [0.717, 1.165) is 5.69 Å². The first kappa shape index (κ1) is 8.75. The normalized spacial score (nSPS) is 12.6. The summed E-state index contributed by atoms with van der Waals surface area (Å²) in [6.07, 6.45) is -1.06. The number of hydrogen-bond acceptors (Lipinski definition) is 3. The number of aliphatic hydroxyl groups excluding tert-OH is 1. The fraction of sp³-hybridized carbons (Fsp3) is 0.500. The van der Waals surface area contributed by atoms with E-state index in [4.69, 9.17) is 5.26 Å². The molecule has 0 aliphatic carbocycles. The van der Waals surface area contributed by atoms with Crippen LogP contribution in [0.15, 0.2) is 0 Å². The molecule has 1 heterocycles. The molecular formula is C8H11N3O. The second-order valence-electron chi connectivity index (χ2n) is 2.74. The zero-order chi connectivity index (χ0) is 9.30. The highest BCUT2D eigenvalue weighted by molar-refractivity contribution is 5.30. The molecule has 0 saturated heterocycles. The van der Waals surface area contributed by atoms with Crippen molar-refractivity contribution in [2.45, 2.75) is 20.0 Å². The van der Waals surface area contributed by atoms with Gasteiger partial charge in [0.15, 0.2) is 6.10 Å². The SMILES string of the molecule is Cc1nn(C)c(C)c1C(O)C#N. The quantitative estimate of drug-likeness (QED) is 0.619. The Morgan fingerprint density at radius 2 is 2.17 bits per heavy atom. The molecule has 0 spiro atoms. The summed E-state index contributed by atoms with van der Waals surface area (Å²) in [5.41, 5.74) is 2.17. The van der Waals surface area contributed by atoms with E-state index >= 15 is 0 Å². The molecule has 64 valence electrons. The lowest BCUT2D eigenvalue weighted by atomic mass is 10.1. The molecule has 0 aromatic carbocycles. The van der Waals surface area contributed by atoms with Crippen LogP contribution in [0, 0.1) is 25.2 Å². The van der Waals surface area contributed by atoms with E-state index in [1.54, 1.807) is 24.7 Å². The molecule has 1 aromatic rings. The zero-order valence-electron chi connectivity index (χ0n) is 7.37. The summed E-state index contributed by atoms with van der Waals surface area (Å²) in [4.78, 5) is 0. The molecule has 0 bridgehead atoms. The van der Waals surface area contributed by atoms with Crippen LogP contribution in [0.2, 0.25) is 0 Å². The van der Waals surface area contributed by atoms with Gasteiger partial charge in [-0.25, -0.2) is 0 Å². The molecule has 0 radical (unpaired) electrons. The standard InChI is InChI=1S/C8H11N3O/c1-5-8(7(12)4-9)6(2)11(3)10-5/h7,12H,1-3H3. The molecule has 0 amide bonds. The monoisotopic (exact) mass is 165 g/mol. The van der Waals surface area contributed by atoms with Crippen LogP contribution in [-0.4, -0.2) is 14.9 Å². The van der Waals surface area contributed by atoms with Gasteiger partial charge in [-0.15, -0.1) is 0 Å². The summed E-state index contributed by atoms with van der Waals surface area (Å²) in [7, 11) is 1.79. The van der Waals surface area contributed by atoms with E-state index in [2.05, 4.69) is 5.10 Å². The average Bonchev–Trinajstić information content (AvgIpc) is 2.26. The second kappa shape index (κ2) is 2.95. The predicted octanol–water partition coefficient (Wildman–Crippen LogP) is 0.594. The largest absolute Gasteiger partial charge is 0.374 e. The Kier molecular flexibility index (Phi) is 2.15. The second-order valence-corrected chi connectivity index (χ2v) is 2.74. The molecule has 4 heteroatoms. The van der Waals surface area contributed by atoms with Crippen LogP contribution < -0.4 is 0 Å². The summed E-state index contributed by atoms with van der Waals surface area (Å²) in [5, 5.41) is 21.9. The summed E-state index contributed by atoms with van der Waals surface area (Å²) < 4.78 is 1.66. The lowest BCUT2D eigenvalue weighted by Crippen LogP contribution is -1.98. The van der Waals surface area contributed by atoms with Crippen LogP contribution >= 0.6 is 0 Å². The van der Waals surface area contributed by atoms with Gasteiger partial charge in [-0.1, -0.05) is 0 Å². The molecule has 1 unspecified atom stereocenters. The summed E-state index contributed by atoms with van der Waals surface area (Å²) in [6, 6.07) is 1.78. The van der Waals surface area contributed by atoms with Crippen LogP contribution in [0.1, 0.15) is 23.1 Å². The van der Waals surface area contributed by atoms with Crippen molar-refractivity contribution >= 4 is 0 Å². The van der Waals surface area contributed by atoms with Gasteiger partial charge in [0.25, 0.3) is 0 Å². The molecule has 1 rings (SSSR count). The van der Waals surface area contributed by atoms with E-state index in [0.29, 0.717) is 11.3 Å². The Morgan fingerprint density at radius 1 is 1.58 bits per heavy atom. The van der Waals surface area contributed by atoms with Gasteiger partial charge in [0.2, 0.25) is 0 Å². The smallest absolute Gasteiger partial charge is 0.169 e. The Balaban J connectivity index is 3.24. The van der Waals surface area contributed by atoms with Gasteiger partial charge in [0.1, 0.15) is 0 Å². The van der Waals surface area contributed by atoms with Crippen molar-refractivity contribution in [3.63, 3.8) is 0 Å². The summed E-state index contributed by atoms with van der Waals surface area (Å²) in [6.45, 7) is 3.61. The van der Waals surface area contributed by atoms with Crippen LogP contribution in [0.5, 0.6) is 0 Å².